The van der Waals surface area contributed by atoms with Gasteiger partial charge in [-0.25, -0.2) is 0 Å². The van der Waals surface area contributed by atoms with Gasteiger partial charge < -0.3 is 0 Å². The number of aromatic nitrogens is 2. The smallest absolute Gasteiger partial charge is 0.0935 e. The quantitative estimate of drug-likeness (QED) is 0.671. The van der Waals surface area contributed by atoms with Crippen molar-refractivity contribution in [3.05, 3.63) is 71.9 Å². The summed E-state index contributed by atoms with van der Waals surface area (Å²) >= 11 is 0. The summed E-state index contributed by atoms with van der Waals surface area (Å²) in [5, 5.41) is 9.26. The SMILES string of the molecule is C(=C\c1cnnc2ccccc12)/c1ccccc1. The van der Waals surface area contributed by atoms with Gasteiger partial charge in [-0.1, -0.05) is 60.7 Å². The molecule has 0 unspecified atom stereocenters. The molecule has 0 bridgehead atoms. The molecule has 2 aromatic carbocycles. The molecule has 0 aliphatic heterocycles. The molecule has 0 saturated carbocycles. The van der Waals surface area contributed by atoms with Crippen molar-refractivity contribution in [2.24, 2.45) is 0 Å². The summed E-state index contributed by atoms with van der Waals surface area (Å²) < 4.78 is 0. The first-order valence-electron chi connectivity index (χ1n) is 5.87. The van der Waals surface area contributed by atoms with Gasteiger partial charge in [-0.05, 0) is 11.6 Å². The fourth-order valence-electron chi connectivity index (χ4n) is 1.91. The summed E-state index contributed by atoms with van der Waals surface area (Å²) in [6.07, 6.45) is 5.96. The van der Waals surface area contributed by atoms with Crippen molar-refractivity contribution in [1.82, 2.24) is 10.2 Å². The van der Waals surface area contributed by atoms with Crippen LogP contribution in [0.2, 0.25) is 0 Å². The lowest BCUT2D eigenvalue weighted by atomic mass is 10.1. The van der Waals surface area contributed by atoms with E-state index in [4.69, 9.17) is 0 Å². The minimum Gasteiger partial charge on any atom is -0.158 e. The second-order valence-electron chi connectivity index (χ2n) is 4.06. The number of nitrogens with zero attached hydrogens (tertiary/aromatic N) is 2. The van der Waals surface area contributed by atoms with Gasteiger partial charge in [-0.3, -0.25) is 0 Å². The summed E-state index contributed by atoms with van der Waals surface area (Å²) in [6, 6.07) is 18.3. The summed E-state index contributed by atoms with van der Waals surface area (Å²) in [5.74, 6) is 0. The average Bonchev–Trinajstić information content (AvgIpc) is 2.46. The molecule has 2 heteroatoms. The monoisotopic (exact) mass is 232 g/mol. The Kier molecular flexibility index (Phi) is 2.84. The van der Waals surface area contributed by atoms with Crippen LogP contribution < -0.4 is 0 Å². The Morgan fingerprint density at radius 2 is 1.56 bits per heavy atom. The molecule has 3 rings (SSSR count). The van der Waals surface area contributed by atoms with Gasteiger partial charge in [-0.15, -0.1) is 0 Å². The second-order valence-corrected chi connectivity index (χ2v) is 4.06. The molecule has 0 aliphatic carbocycles. The zero-order valence-electron chi connectivity index (χ0n) is 9.82. The third-order valence-electron chi connectivity index (χ3n) is 2.83. The van der Waals surface area contributed by atoms with Gasteiger partial charge in [-0.2, -0.15) is 10.2 Å². The fourth-order valence-corrected chi connectivity index (χ4v) is 1.91. The molecule has 0 saturated heterocycles. The van der Waals surface area contributed by atoms with Crippen LogP contribution in [0.3, 0.4) is 0 Å². The van der Waals surface area contributed by atoms with Crippen LogP contribution in [-0.2, 0) is 0 Å². The van der Waals surface area contributed by atoms with E-state index in [-0.39, 0.29) is 0 Å². The predicted octanol–water partition coefficient (Wildman–Crippen LogP) is 3.80. The van der Waals surface area contributed by atoms with Crippen molar-refractivity contribution < 1.29 is 0 Å². The lowest BCUT2D eigenvalue weighted by Gasteiger charge is -1.99. The topological polar surface area (TPSA) is 25.8 Å². The molecule has 1 heterocycles. The van der Waals surface area contributed by atoms with E-state index in [0.29, 0.717) is 0 Å². The van der Waals surface area contributed by atoms with E-state index in [1.807, 2.05) is 36.4 Å². The summed E-state index contributed by atoms with van der Waals surface area (Å²) in [5.41, 5.74) is 3.19. The Balaban J connectivity index is 2.03. The van der Waals surface area contributed by atoms with Crippen LogP contribution in [-0.4, -0.2) is 10.2 Å². The Morgan fingerprint density at radius 1 is 0.778 bits per heavy atom. The second kappa shape index (κ2) is 4.80. The minimum absolute atomic E-state index is 0.924. The average molecular weight is 232 g/mol. The standard InChI is InChI=1S/C16H12N2/c1-2-6-13(7-3-1)10-11-14-12-17-18-16-9-5-4-8-15(14)16/h1-12H/b11-10+. The first kappa shape index (κ1) is 10.7. The van der Waals surface area contributed by atoms with Crippen LogP contribution in [0, 0.1) is 0 Å². The van der Waals surface area contributed by atoms with Gasteiger partial charge >= 0.3 is 0 Å². The van der Waals surface area contributed by atoms with Crippen LogP contribution >= 0.6 is 0 Å². The Bertz CT molecular complexity index is 682. The highest BCUT2D eigenvalue weighted by atomic mass is 15.1. The van der Waals surface area contributed by atoms with Crippen molar-refractivity contribution in [2.45, 2.75) is 0 Å². The minimum atomic E-state index is 0.924. The molecule has 2 nitrogen and oxygen atoms in total. The third-order valence-corrected chi connectivity index (χ3v) is 2.83. The molecule has 1 aromatic heterocycles. The number of benzene rings is 2. The highest BCUT2D eigenvalue weighted by Crippen LogP contribution is 2.17. The molecular weight excluding hydrogens is 220 g/mol. The van der Waals surface area contributed by atoms with Gasteiger partial charge in [0.05, 0.1) is 11.7 Å². The molecule has 0 N–H and O–H groups in total. The van der Waals surface area contributed by atoms with Crippen LogP contribution in [0.5, 0.6) is 0 Å². The molecule has 18 heavy (non-hydrogen) atoms. The lowest BCUT2D eigenvalue weighted by molar-refractivity contribution is 1.07. The highest BCUT2D eigenvalue weighted by molar-refractivity contribution is 5.89. The molecule has 0 atom stereocenters. The fraction of sp³-hybridized carbons (Fsp3) is 0. The van der Waals surface area contributed by atoms with E-state index in [2.05, 4.69) is 40.5 Å². The predicted molar refractivity (Wildman–Crippen MR) is 74.9 cm³/mol. The molecular formula is C16H12N2. The van der Waals surface area contributed by atoms with Crippen LogP contribution in [0.15, 0.2) is 60.8 Å². The summed E-state index contributed by atoms with van der Waals surface area (Å²) in [6.45, 7) is 0. The van der Waals surface area contributed by atoms with Crippen molar-refractivity contribution in [2.75, 3.05) is 0 Å². The van der Waals surface area contributed by atoms with Gasteiger partial charge in [0, 0.05) is 10.9 Å². The van der Waals surface area contributed by atoms with Crippen LogP contribution in [0.25, 0.3) is 23.1 Å². The molecule has 86 valence electrons. The van der Waals surface area contributed by atoms with E-state index in [1.54, 1.807) is 6.20 Å². The Labute approximate surface area is 106 Å². The molecule has 3 aromatic rings. The van der Waals surface area contributed by atoms with Gasteiger partial charge in [0.15, 0.2) is 0 Å². The van der Waals surface area contributed by atoms with E-state index in [9.17, 15) is 0 Å². The maximum Gasteiger partial charge on any atom is 0.0935 e. The maximum absolute atomic E-state index is 4.11. The van der Waals surface area contributed by atoms with Crippen molar-refractivity contribution in [3.63, 3.8) is 0 Å². The van der Waals surface area contributed by atoms with Crippen molar-refractivity contribution in [1.29, 1.82) is 0 Å². The first-order valence-corrected chi connectivity index (χ1v) is 5.87. The van der Waals surface area contributed by atoms with Gasteiger partial charge in [0.1, 0.15) is 0 Å². The molecule has 0 amide bonds. The highest BCUT2D eigenvalue weighted by Gasteiger charge is 1.98. The van der Waals surface area contributed by atoms with Crippen LogP contribution in [0.1, 0.15) is 11.1 Å². The Morgan fingerprint density at radius 3 is 2.44 bits per heavy atom. The van der Waals surface area contributed by atoms with Crippen molar-refractivity contribution >= 4 is 23.1 Å². The molecule has 0 fully saturated rings. The van der Waals surface area contributed by atoms with E-state index >= 15 is 0 Å². The zero-order chi connectivity index (χ0) is 12.2. The zero-order valence-corrected chi connectivity index (χ0v) is 9.82. The first-order chi connectivity index (χ1) is 8.93. The Hall–Kier alpha value is -2.48. The third kappa shape index (κ3) is 2.13. The lowest BCUT2D eigenvalue weighted by Crippen LogP contribution is -1.86. The van der Waals surface area contributed by atoms with Gasteiger partial charge in [0.2, 0.25) is 0 Å². The largest absolute Gasteiger partial charge is 0.158 e. The number of hydrogen-bond acceptors (Lipinski definition) is 2. The van der Waals surface area contributed by atoms with E-state index < -0.39 is 0 Å². The van der Waals surface area contributed by atoms with Crippen molar-refractivity contribution in [3.8, 4) is 0 Å². The molecule has 0 spiro atoms. The summed E-state index contributed by atoms with van der Waals surface area (Å²) in [7, 11) is 0. The number of fused-ring (bicyclic) bond motifs is 1. The normalized spacial score (nSPS) is 11.1. The maximum atomic E-state index is 4.11. The number of hydrogen-bond donors (Lipinski definition) is 0. The van der Waals surface area contributed by atoms with E-state index in [1.165, 1.54) is 5.56 Å². The van der Waals surface area contributed by atoms with Crippen LogP contribution in [0.4, 0.5) is 0 Å². The summed E-state index contributed by atoms with van der Waals surface area (Å²) in [4.78, 5) is 0. The van der Waals surface area contributed by atoms with E-state index in [0.717, 1.165) is 16.5 Å². The molecule has 0 aliphatic rings. The van der Waals surface area contributed by atoms with Gasteiger partial charge in [0.25, 0.3) is 0 Å². The number of rotatable bonds is 2. The molecule has 0 radical (unpaired) electrons.